The largest absolute Gasteiger partial charge is 0.310 e. The Kier molecular flexibility index (Phi) is 8.43. The number of aryl methyl sites for hydroxylation is 4. The molecule has 6 aromatic rings. The average molecular weight is 571 g/mol. The zero-order chi connectivity index (χ0) is 30.5. The smallest absolute Gasteiger partial charge is 0.0490 e. The maximum absolute atomic E-state index is 2.35. The number of nitrogens with zero attached hydrogens (tertiary/aromatic N) is 2. The molecule has 0 N–H and O–H groups in total. The van der Waals surface area contributed by atoms with E-state index in [-0.39, 0.29) is 0 Å². The molecule has 0 bridgehead atoms. The van der Waals surface area contributed by atoms with Crippen LogP contribution in [0.2, 0.25) is 0 Å². The first-order valence-corrected chi connectivity index (χ1v) is 15.2. The van der Waals surface area contributed by atoms with E-state index < -0.39 is 0 Å². The number of benzene rings is 6. The number of hydrogen-bond donors (Lipinski definition) is 0. The van der Waals surface area contributed by atoms with E-state index in [2.05, 4.69) is 195 Å². The van der Waals surface area contributed by atoms with E-state index in [0.717, 1.165) is 28.2 Å². The third-order valence-electron chi connectivity index (χ3n) is 7.96. The SMILES string of the molecule is Cc1cc(C)cc(N(c2ccccc2)c2ccc(/C=C/c3ccc(N(c4ccccc4C)c4ccccc4C)cc3)cc2)c1. The van der Waals surface area contributed by atoms with Gasteiger partial charge in [-0.05, 0) is 122 Å². The van der Waals surface area contributed by atoms with E-state index in [1.165, 1.54) is 39.3 Å². The molecule has 0 atom stereocenters. The first-order chi connectivity index (χ1) is 21.5. The van der Waals surface area contributed by atoms with Crippen molar-refractivity contribution in [1.82, 2.24) is 0 Å². The molecule has 0 spiro atoms. The molecule has 0 heterocycles. The summed E-state index contributed by atoms with van der Waals surface area (Å²) in [5.41, 5.74) is 14.3. The molecular formula is C42H38N2. The molecule has 216 valence electrons. The fourth-order valence-electron chi connectivity index (χ4n) is 5.80. The summed E-state index contributed by atoms with van der Waals surface area (Å²) in [5, 5.41) is 0. The lowest BCUT2D eigenvalue weighted by atomic mass is 10.1. The number of anilines is 6. The molecule has 0 fully saturated rings. The third kappa shape index (κ3) is 6.35. The van der Waals surface area contributed by atoms with Gasteiger partial charge in [0.15, 0.2) is 0 Å². The van der Waals surface area contributed by atoms with Gasteiger partial charge in [0.25, 0.3) is 0 Å². The van der Waals surface area contributed by atoms with Crippen molar-refractivity contribution in [2.24, 2.45) is 0 Å². The minimum Gasteiger partial charge on any atom is -0.310 e. The standard InChI is InChI=1S/C42H38N2/c1-31-28-32(2)30-40(29-31)43(37-14-6-5-7-15-37)38-24-20-35(21-25-38)18-19-36-22-26-39(27-23-36)44(41-16-10-8-12-33(41)3)42-17-11-9-13-34(42)4/h5-30H,1-4H3/b19-18+. The van der Waals surface area contributed by atoms with Gasteiger partial charge >= 0.3 is 0 Å². The van der Waals surface area contributed by atoms with Crippen LogP contribution < -0.4 is 9.80 Å². The molecule has 2 heteroatoms. The number of rotatable bonds is 8. The zero-order valence-corrected chi connectivity index (χ0v) is 25.9. The molecule has 0 radical (unpaired) electrons. The summed E-state index contributed by atoms with van der Waals surface area (Å²) in [6.07, 6.45) is 4.37. The van der Waals surface area contributed by atoms with E-state index in [4.69, 9.17) is 0 Å². The van der Waals surface area contributed by atoms with Crippen molar-refractivity contribution in [3.05, 3.63) is 179 Å². The number of hydrogen-bond acceptors (Lipinski definition) is 2. The monoisotopic (exact) mass is 570 g/mol. The highest BCUT2D eigenvalue weighted by molar-refractivity contribution is 5.82. The maximum atomic E-state index is 2.35. The Morgan fingerprint density at radius 3 is 1.25 bits per heavy atom. The van der Waals surface area contributed by atoms with Crippen LogP contribution in [0.3, 0.4) is 0 Å². The Bertz CT molecular complexity index is 1820. The second-order valence-corrected chi connectivity index (χ2v) is 11.4. The van der Waals surface area contributed by atoms with Gasteiger partial charge < -0.3 is 9.80 Å². The lowest BCUT2D eigenvalue weighted by Gasteiger charge is -2.28. The molecule has 0 amide bonds. The molecule has 0 saturated heterocycles. The quantitative estimate of drug-likeness (QED) is 0.168. The van der Waals surface area contributed by atoms with Crippen molar-refractivity contribution in [3.8, 4) is 0 Å². The summed E-state index contributed by atoms with van der Waals surface area (Å²) in [5.74, 6) is 0. The van der Waals surface area contributed by atoms with Crippen LogP contribution in [0.25, 0.3) is 12.2 Å². The van der Waals surface area contributed by atoms with Crippen LogP contribution in [-0.4, -0.2) is 0 Å². The first kappa shape index (κ1) is 28.8. The minimum absolute atomic E-state index is 1.13. The second kappa shape index (κ2) is 12.9. The topological polar surface area (TPSA) is 6.48 Å². The van der Waals surface area contributed by atoms with Crippen LogP contribution in [-0.2, 0) is 0 Å². The van der Waals surface area contributed by atoms with Crippen molar-refractivity contribution in [1.29, 1.82) is 0 Å². The molecular weight excluding hydrogens is 532 g/mol. The maximum Gasteiger partial charge on any atom is 0.0490 e. The fourth-order valence-corrected chi connectivity index (χ4v) is 5.80. The molecule has 0 unspecified atom stereocenters. The van der Waals surface area contributed by atoms with E-state index in [1.54, 1.807) is 0 Å². The lowest BCUT2D eigenvalue weighted by Crippen LogP contribution is -2.12. The average Bonchev–Trinajstić information content (AvgIpc) is 3.03. The Balaban J connectivity index is 1.26. The zero-order valence-electron chi connectivity index (χ0n) is 25.9. The normalized spacial score (nSPS) is 11.1. The van der Waals surface area contributed by atoms with Crippen LogP contribution in [0.5, 0.6) is 0 Å². The van der Waals surface area contributed by atoms with E-state index >= 15 is 0 Å². The number of para-hydroxylation sites is 3. The Hall–Kier alpha value is -5.34. The Labute approximate surface area is 262 Å². The predicted molar refractivity (Wildman–Crippen MR) is 190 cm³/mol. The molecule has 0 aliphatic heterocycles. The minimum atomic E-state index is 1.13. The molecule has 0 aliphatic rings. The predicted octanol–water partition coefficient (Wildman–Crippen LogP) is 12.0. The summed E-state index contributed by atoms with van der Waals surface area (Å²) in [6.45, 7) is 8.65. The van der Waals surface area contributed by atoms with Crippen LogP contribution in [0, 0.1) is 27.7 Å². The van der Waals surface area contributed by atoms with Crippen LogP contribution in [0.1, 0.15) is 33.4 Å². The van der Waals surface area contributed by atoms with Crippen molar-refractivity contribution in [2.45, 2.75) is 27.7 Å². The Morgan fingerprint density at radius 2 is 0.773 bits per heavy atom. The van der Waals surface area contributed by atoms with Gasteiger partial charge in [-0.15, -0.1) is 0 Å². The molecule has 0 aromatic heterocycles. The summed E-state index contributed by atoms with van der Waals surface area (Å²) < 4.78 is 0. The van der Waals surface area contributed by atoms with Gasteiger partial charge in [-0.1, -0.05) is 97.1 Å². The van der Waals surface area contributed by atoms with Crippen molar-refractivity contribution in [3.63, 3.8) is 0 Å². The summed E-state index contributed by atoms with van der Waals surface area (Å²) in [6, 6.07) is 52.0. The molecule has 6 aromatic carbocycles. The van der Waals surface area contributed by atoms with Crippen LogP contribution in [0.15, 0.2) is 146 Å². The Morgan fingerprint density at radius 1 is 0.364 bits per heavy atom. The summed E-state index contributed by atoms with van der Waals surface area (Å²) >= 11 is 0. The molecule has 44 heavy (non-hydrogen) atoms. The molecule has 0 aliphatic carbocycles. The first-order valence-electron chi connectivity index (χ1n) is 15.2. The van der Waals surface area contributed by atoms with Gasteiger partial charge in [0.2, 0.25) is 0 Å². The van der Waals surface area contributed by atoms with Gasteiger partial charge in [-0.25, -0.2) is 0 Å². The van der Waals surface area contributed by atoms with E-state index in [9.17, 15) is 0 Å². The van der Waals surface area contributed by atoms with E-state index in [1.807, 2.05) is 0 Å². The molecule has 6 rings (SSSR count). The molecule has 0 saturated carbocycles. The second-order valence-electron chi connectivity index (χ2n) is 11.4. The summed E-state index contributed by atoms with van der Waals surface area (Å²) in [7, 11) is 0. The van der Waals surface area contributed by atoms with Gasteiger partial charge in [-0.3, -0.25) is 0 Å². The summed E-state index contributed by atoms with van der Waals surface area (Å²) in [4.78, 5) is 4.67. The van der Waals surface area contributed by atoms with Crippen molar-refractivity contribution < 1.29 is 0 Å². The van der Waals surface area contributed by atoms with Crippen molar-refractivity contribution in [2.75, 3.05) is 9.80 Å². The molecule has 2 nitrogen and oxygen atoms in total. The lowest BCUT2D eigenvalue weighted by molar-refractivity contribution is 1.22. The van der Waals surface area contributed by atoms with Gasteiger partial charge in [0, 0.05) is 34.1 Å². The van der Waals surface area contributed by atoms with Crippen LogP contribution in [0.4, 0.5) is 34.1 Å². The fraction of sp³-hybridized carbons (Fsp3) is 0.0952. The van der Waals surface area contributed by atoms with Crippen LogP contribution >= 0.6 is 0 Å². The highest BCUT2D eigenvalue weighted by Gasteiger charge is 2.16. The van der Waals surface area contributed by atoms with Gasteiger partial charge in [0.05, 0.1) is 0 Å². The van der Waals surface area contributed by atoms with E-state index in [0.29, 0.717) is 0 Å². The van der Waals surface area contributed by atoms with Gasteiger partial charge in [-0.2, -0.15) is 0 Å². The highest BCUT2D eigenvalue weighted by Crippen LogP contribution is 2.38. The highest BCUT2D eigenvalue weighted by atomic mass is 15.1. The third-order valence-corrected chi connectivity index (χ3v) is 7.96. The van der Waals surface area contributed by atoms with Crippen molar-refractivity contribution >= 4 is 46.3 Å². The van der Waals surface area contributed by atoms with Gasteiger partial charge in [0.1, 0.15) is 0 Å².